The summed E-state index contributed by atoms with van der Waals surface area (Å²) in [6.45, 7) is 4.07. The zero-order valence-electron chi connectivity index (χ0n) is 17.1. The Labute approximate surface area is 176 Å². The lowest BCUT2D eigenvalue weighted by molar-refractivity contribution is -0.283. The number of ether oxygens (including phenoxy) is 2. The minimum atomic E-state index is -1.53. The SMILES string of the molecule is CC1=CC(=O)OC2CC(CCC(C)C=CC=CCC1)O[C@@](O)(C1CSC(=O)N1)C2. The highest BCUT2D eigenvalue weighted by Crippen LogP contribution is 2.36. The number of amides is 1. The van der Waals surface area contributed by atoms with Crippen LogP contribution in [0.5, 0.6) is 0 Å². The minimum absolute atomic E-state index is 0.159. The van der Waals surface area contributed by atoms with E-state index in [-0.39, 0.29) is 23.7 Å². The van der Waals surface area contributed by atoms with Crippen LogP contribution in [0.4, 0.5) is 4.79 Å². The maximum atomic E-state index is 12.4. The van der Waals surface area contributed by atoms with E-state index < -0.39 is 17.9 Å². The molecule has 3 rings (SSSR count). The molecule has 0 aliphatic carbocycles. The van der Waals surface area contributed by atoms with Gasteiger partial charge in [0, 0.05) is 24.7 Å². The van der Waals surface area contributed by atoms with Crippen molar-refractivity contribution in [3.63, 3.8) is 0 Å². The zero-order valence-corrected chi connectivity index (χ0v) is 18.0. The summed E-state index contributed by atoms with van der Waals surface area (Å²) >= 11 is 1.14. The smallest absolute Gasteiger partial charge is 0.330 e. The number of esters is 1. The van der Waals surface area contributed by atoms with Gasteiger partial charge in [-0.1, -0.05) is 48.6 Å². The van der Waals surface area contributed by atoms with Crippen LogP contribution in [0, 0.1) is 5.92 Å². The molecule has 3 aliphatic rings. The van der Waals surface area contributed by atoms with Crippen LogP contribution in [0.2, 0.25) is 0 Å². The van der Waals surface area contributed by atoms with Crippen molar-refractivity contribution < 1.29 is 24.2 Å². The number of aliphatic hydroxyl groups is 1. The Morgan fingerprint density at radius 3 is 2.83 bits per heavy atom. The molecule has 3 heterocycles. The number of fused-ring (bicyclic) bond motifs is 2. The van der Waals surface area contributed by atoms with Crippen LogP contribution < -0.4 is 5.32 Å². The highest BCUT2D eigenvalue weighted by atomic mass is 32.2. The number of hydrogen-bond acceptors (Lipinski definition) is 6. The number of hydrogen-bond donors (Lipinski definition) is 2. The van der Waals surface area contributed by atoms with Crippen LogP contribution in [-0.4, -0.2) is 46.1 Å². The van der Waals surface area contributed by atoms with Crippen LogP contribution >= 0.6 is 11.8 Å². The Balaban J connectivity index is 1.78. The van der Waals surface area contributed by atoms with Gasteiger partial charge in [-0.05, 0) is 38.5 Å². The average Bonchev–Trinajstić information content (AvgIpc) is 3.09. The van der Waals surface area contributed by atoms with Crippen LogP contribution in [0.3, 0.4) is 0 Å². The van der Waals surface area contributed by atoms with Gasteiger partial charge in [0.2, 0.25) is 0 Å². The molecule has 2 fully saturated rings. The molecule has 3 aliphatic heterocycles. The molecule has 7 heteroatoms. The summed E-state index contributed by atoms with van der Waals surface area (Å²) in [5, 5.41) is 13.8. The molecule has 0 aromatic rings. The minimum Gasteiger partial charge on any atom is -0.459 e. The Bertz CT molecular complexity index is 703. The van der Waals surface area contributed by atoms with Gasteiger partial charge < -0.3 is 19.9 Å². The Morgan fingerprint density at radius 1 is 1.24 bits per heavy atom. The molecule has 0 aromatic heterocycles. The molecule has 6 nitrogen and oxygen atoms in total. The Hall–Kier alpha value is -1.57. The van der Waals surface area contributed by atoms with E-state index in [1.165, 1.54) is 6.08 Å². The third kappa shape index (κ3) is 6.46. The second-order valence-electron chi connectivity index (χ2n) is 8.28. The van der Waals surface area contributed by atoms with Gasteiger partial charge in [0.1, 0.15) is 6.10 Å². The quantitative estimate of drug-likeness (QED) is 0.626. The standard InChI is InChI=1S/C22H31NO5S/c1-15-7-5-3-4-6-8-16(2)11-20(24)27-18-12-17(10-9-15)28-22(26,13-18)19-14-29-21(25)23-19/h3-5,7,11,15,17-19,26H,6,8-10,12-14H2,1-2H3,(H,23,25)/t15?,17?,18?,19?,22-/m1/s1. The molecule has 0 radical (unpaired) electrons. The van der Waals surface area contributed by atoms with Gasteiger partial charge in [0.05, 0.1) is 12.1 Å². The molecule has 29 heavy (non-hydrogen) atoms. The van der Waals surface area contributed by atoms with Crippen molar-refractivity contribution in [1.29, 1.82) is 0 Å². The second-order valence-corrected chi connectivity index (χ2v) is 9.27. The van der Waals surface area contributed by atoms with Crippen molar-refractivity contribution >= 4 is 23.0 Å². The normalized spacial score (nSPS) is 37.0. The van der Waals surface area contributed by atoms with Crippen LogP contribution in [0.1, 0.15) is 52.4 Å². The van der Waals surface area contributed by atoms with Crippen molar-refractivity contribution in [3.05, 3.63) is 36.0 Å². The van der Waals surface area contributed by atoms with E-state index in [1.807, 2.05) is 13.0 Å². The van der Waals surface area contributed by atoms with E-state index in [9.17, 15) is 14.7 Å². The molecule has 0 saturated carbocycles. The summed E-state index contributed by atoms with van der Waals surface area (Å²) in [5.41, 5.74) is 0.961. The topological polar surface area (TPSA) is 84.9 Å². The highest BCUT2D eigenvalue weighted by molar-refractivity contribution is 8.14. The molecule has 160 valence electrons. The predicted octanol–water partition coefficient (Wildman–Crippen LogP) is 3.86. The number of carbonyl (C=O) groups is 2. The number of rotatable bonds is 1. The van der Waals surface area contributed by atoms with Gasteiger partial charge in [-0.2, -0.15) is 0 Å². The van der Waals surface area contributed by atoms with E-state index in [4.69, 9.17) is 9.47 Å². The average molecular weight is 422 g/mol. The first-order chi connectivity index (χ1) is 13.8. The monoisotopic (exact) mass is 421 g/mol. The molecule has 1 amide bonds. The molecule has 4 unspecified atom stereocenters. The molecule has 2 bridgehead atoms. The molecule has 2 saturated heterocycles. The van der Waals surface area contributed by atoms with E-state index in [0.717, 1.165) is 43.0 Å². The Kier molecular flexibility index (Phi) is 7.60. The van der Waals surface area contributed by atoms with Gasteiger partial charge in [0.25, 0.3) is 5.24 Å². The Morgan fingerprint density at radius 2 is 2.07 bits per heavy atom. The van der Waals surface area contributed by atoms with Crippen molar-refractivity contribution in [1.82, 2.24) is 5.32 Å². The molecular weight excluding hydrogens is 390 g/mol. The molecule has 0 spiro atoms. The van der Waals surface area contributed by atoms with Gasteiger partial charge >= 0.3 is 5.97 Å². The second kappa shape index (κ2) is 9.96. The molecule has 5 atom stereocenters. The molecule has 2 N–H and O–H groups in total. The summed E-state index contributed by atoms with van der Waals surface area (Å²) in [6, 6.07) is -0.505. The number of carbonyl (C=O) groups excluding carboxylic acids is 2. The van der Waals surface area contributed by atoms with Crippen molar-refractivity contribution in [2.75, 3.05) is 5.75 Å². The van der Waals surface area contributed by atoms with Gasteiger partial charge in [-0.15, -0.1) is 0 Å². The summed E-state index contributed by atoms with van der Waals surface area (Å²) in [7, 11) is 0. The van der Waals surface area contributed by atoms with E-state index in [0.29, 0.717) is 18.1 Å². The van der Waals surface area contributed by atoms with Crippen molar-refractivity contribution in [3.8, 4) is 0 Å². The fourth-order valence-corrected chi connectivity index (χ4v) is 4.85. The lowest BCUT2D eigenvalue weighted by atomic mass is 9.90. The van der Waals surface area contributed by atoms with E-state index >= 15 is 0 Å². The lowest BCUT2D eigenvalue weighted by Crippen LogP contribution is -2.58. The first-order valence-corrected chi connectivity index (χ1v) is 11.4. The van der Waals surface area contributed by atoms with E-state index in [2.05, 4.69) is 30.5 Å². The van der Waals surface area contributed by atoms with E-state index in [1.54, 1.807) is 0 Å². The molecular formula is C22H31NO5S. The van der Waals surface area contributed by atoms with Gasteiger partial charge in [-0.3, -0.25) is 4.79 Å². The third-order valence-electron chi connectivity index (χ3n) is 5.62. The fraction of sp³-hybridized carbons (Fsp3) is 0.636. The fourth-order valence-electron chi connectivity index (χ4n) is 3.96. The third-order valence-corrected chi connectivity index (χ3v) is 6.50. The summed E-state index contributed by atoms with van der Waals surface area (Å²) < 4.78 is 11.8. The first kappa shape index (κ1) is 22.1. The largest absolute Gasteiger partial charge is 0.459 e. The first-order valence-electron chi connectivity index (χ1n) is 10.4. The van der Waals surface area contributed by atoms with Crippen LogP contribution in [-0.2, 0) is 14.3 Å². The molecule has 0 aromatic carbocycles. The maximum absolute atomic E-state index is 12.4. The predicted molar refractivity (Wildman–Crippen MR) is 113 cm³/mol. The van der Waals surface area contributed by atoms with Gasteiger partial charge in [-0.25, -0.2) is 4.79 Å². The summed E-state index contributed by atoms with van der Waals surface area (Å²) in [4.78, 5) is 24.0. The number of allylic oxidation sites excluding steroid dienone is 5. The van der Waals surface area contributed by atoms with Gasteiger partial charge in [0.15, 0.2) is 5.79 Å². The van der Waals surface area contributed by atoms with Crippen molar-refractivity contribution in [2.24, 2.45) is 5.92 Å². The van der Waals surface area contributed by atoms with Crippen LogP contribution in [0.15, 0.2) is 36.0 Å². The van der Waals surface area contributed by atoms with Crippen molar-refractivity contribution in [2.45, 2.75) is 76.4 Å². The maximum Gasteiger partial charge on any atom is 0.330 e. The summed E-state index contributed by atoms with van der Waals surface area (Å²) in [5.74, 6) is -1.10. The summed E-state index contributed by atoms with van der Waals surface area (Å²) in [6.07, 6.45) is 13.2. The zero-order chi connectivity index (χ0) is 20.9. The number of nitrogens with one attached hydrogen (secondary N) is 1. The van der Waals surface area contributed by atoms with Crippen LogP contribution in [0.25, 0.3) is 0 Å². The number of thioether (sulfide) groups is 1. The highest BCUT2D eigenvalue weighted by Gasteiger charge is 2.49. The lowest BCUT2D eigenvalue weighted by Gasteiger charge is -2.43.